The van der Waals surface area contributed by atoms with Crippen molar-refractivity contribution in [3.8, 4) is 11.6 Å². The van der Waals surface area contributed by atoms with Crippen molar-refractivity contribution < 1.29 is 32.9 Å². The van der Waals surface area contributed by atoms with Crippen molar-refractivity contribution in [2.24, 2.45) is 0 Å². The number of nitrogens with zero attached hydrogens (tertiary/aromatic N) is 3. The smallest absolute Gasteiger partial charge is 0.416 e. The zero-order valence-electron chi connectivity index (χ0n) is 16.4. The summed E-state index contributed by atoms with van der Waals surface area (Å²) in [7, 11) is 0. The zero-order chi connectivity index (χ0) is 22.9. The number of carbonyl (C=O) groups excluding carboxylic acids is 1. The van der Waals surface area contributed by atoms with Gasteiger partial charge in [0.05, 0.1) is 5.56 Å². The molecule has 0 saturated carbocycles. The lowest BCUT2D eigenvalue weighted by atomic mass is 10.1. The molecule has 0 bridgehead atoms. The number of alkyl halides is 3. The maximum absolute atomic E-state index is 12.9. The molecule has 3 aromatic rings. The molecule has 0 aliphatic carbocycles. The van der Waals surface area contributed by atoms with E-state index < -0.39 is 24.1 Å². The predicted molar refractivity (Wildman–Crippen MR) is 107 cm³/mol. The highest BCUT2D eigenvalue weighted by Gasteiger charge is 2.31. The van der Waals surface area contributed by atoms with Gasteiger partial charge in [0, 0.05) is 24.0 Å². The Balaban J connectivity index is 1.48. The number of hydrogen-bond donors (Lipinski definition) is 3. The second kappa shape index (κ2) is 8.44. The summed E-state index contributed by atoms with van der Waals surface area (Å²) in [5.41, 5.74) is 0.590. The van der Waals surface area contributed by atoms with E-state index in [4.69, 9.17) is 4.74 Å². The van der Waals surface area contributed by atoms with Crippen molar-refractivity contribution in [2.75, 3.05) is 16.8 Å². The highest BCUT2D eigenvalue weighted by Crippen LogP contribution is 2.34. The van der Waals surface area contributed by atoms with Gasteiger partial charge in [0.1, 0.15) is 17.8 Å². The average molecular weight is 446 g/mol. The van der Waals surface area contributed by atoms with E-state index in [9.17, 15) is 28.2 Å². The third-order valence-corrected chi connectivity index (χ3v) is 4.78. The summed E-state index contributed by atoms with van der Waals surface area (Å²) in [5.74, 6) is 0.529. The van der Waals surface area contributed by atoms with Crippen LogP contribution in [0.2, 0.25) is 0 Å². The molecule has 0 spiro atoms. The van der Waals surface area contributed by atoms with Gasteiger partial charge in [0.2, 0.25) is 5.88 Å². The molecule has 0 saturated heterocycles. The summed E-state index contributed by atoms with van der Waals surface area (Å²) in [6.45, 7) is 0.345. The summed E-state index contributed by atoms with van der Waals surface area (Å²) in [6.07, 6.45) is -4.61. The van der Waals surface area contributed by atoms with Crippen molar-refractivity contribution in [2.45, 2.75) is 18.9 Å². The number of aromatic nitrogens is 2. The molecule has 2 aromatic carbocycles. The zero-order valence-corrected chi connectivity index (χ0v) is 16.4. The fraction of sp³-hybridized carbons (Fsp3) is 0.190. The van der Waals surface area contributed by atoms with Gasteiger partial charge in [0.15, 0.2) is 6.29 Å². The number of hydrogen-bond acceptors (Lipinski definition) is 6. The Hall–Kier alpha value is -3.70. The Morgan fingerprint density at radius 2 is 1.94 bits per heavy atom. The van der Waals surface area contributed by atoms with Crippen molar-refractivity contribution in [1.82, 2.24) is 9.97 Å². The molecule has 0 unspecified atom stereocenters. The second-order valence-electron chi connectivity index (χ2n) is 6.96. The topological polar surface area (TPSA) is 108 Å². The van der Waals surface area contributed by atoms with Gasteiger partial charge in [-0.25, -0.2) is 14.8 Å². The van der Waals surface area contributed by atoms with Gasteiger partial charge in [-0.1, -0.05) is 6.07 Å². The van der Waals surface area contributed by atoms with Crippen LogP contribution in [-0.4, -0.2) is 32.8 Å². The lowest BCUT2D eigenvalue weighted by Gasteiger charge is -2.19. The van der Waals surface area contributed by atoms with Crippen LogP contribution in [-0.2, 0) is 12.6 Å². The number of carbonyl (C=O) groups is 1. The fourth-order valence-corrected chi connectivity index (χ4v) is 3.29. The molecule has 0 radical (unpaired) electrons. The molecule has 166 valence electrons. The number of nitrogens with one attached hydrogen (secondary N) is 1. The van der Waals surface area contributed by atoms with Crippen LogP contribution >= 0.6 is 0 Å². The van der Waals surface area contributed by atoms with Gasteiger partial charge >= 0.3 is 12.2 Å². The molecule has 1 aliphatic heterocycles. The first kappa shape index (κ1) is 21.5. The summed E-state index contributed by atoms with van der Waals surface area (Å²) in [5, 5.41) is 20.9. The van der Waals surface area contributed by atoms with Crippen LogP contribution in [0, 0.1) is 0 Å². The van der Waals surface area contributed by atoms with E-state index in [1.807, 2.05) is 0 Å². The standard InChI is InChI=1S/C21H17F3N4O4/c22-21(23,24)13-2-1-3-14(9-13)27-20(31)28-7-6-12-8-15(4-5-17(12)28)32-18-10-16(19(29)30)25-11-26-18/h1-5,8-11,19,29-30H,6-7H2,(H,27,31). The Morgan fingerprint density at radius 1 is 1.12 bits per heavy atom. The van der Waals surface area contributed by atoms with Gasteiger partial charge in [-0.3, -0.25) is 4.90 Å². The molecule has 11 heteroatoms. The van der Waals surface area contributed by atoms with Gasteiger partial charge in [0.25, 0.3) is 0 Å². The van der Waals surface area contributed by atoms with Crippen molar-refractivity contribution in [3.05, 3.63) is 71.7 Å². The molecular formula is C21H17F3N4O4. The first-order valence-corrected chi connectivity index (χ1v) is 9.45. The SMILES string of the molecule is O=C(Nc1cccc(C(F)(F)F)c1)N1CCc2cc(Oc3cc(C(O)O)ncn3)ccc21. The van der Waals surface area contributed by atoms with Crippen LogP contribution < -0.4 is 15.0 Å². The van der Waals surface area contributed by atoms with Crippen LogP contribution in [0.5, 0.6) is 11.6 Å². The minimum absolute atomic E-state index is 0.0198. The minimum Gasteiger partial charge on any atom is -0.439 e. The van der Waals surface area contributed by atoms with Crippen molar-refractivity contribution in [3.63, 3.8) is 0 Å². The number of benzene rings is 2. The lowest BCUT2D eigenvalue weighted by Crippen LogP contribution is -2.33. The van der Waals surface area contributed by atoms with Crippen LogP contribution in [0.3, 0.4) is 0 Å². The molecule has 4 rings (SSSR count). The Bertz CT molecular complexity index is 1150. The Labute approximate surface area is 179 Å². The predicted octanol–water partition coefficient (Wildman–Crippen LogP) is 3.87. The number of rotatable bonds is 4. The van der Waals surface area contributed by atoms with E-state index in [0.29, 0.717) is 24.4 Å². The van der Waals surface area contributed by atoms with Gasteiger partial charge < -0.3 is 20.3 Å². The molecule has 2 amide bonds. The van der Waals surface area contributed by atoms with Gasteiger partial charge in [-0.2, -0.15) is 13.2 Å². The average Bonchev–Trinajstić information content (AvgIpc) is 3.17. The van der Waals surface area contributed by atoms with Crippen molar-refractivity contribution >= 4 is 17.4 Å². The number of urea groups is 1. The number of halogens is 3. The first-order chi connectivity index (χ1) is 15.2. The lowest BCUT2D eigenvalue weighted by molar-refractivity contribution is -0.137. The molecule has 2 heterocycles. The van der Waals surface area contributed by atoms with E-state index in [2.05, 4.69) is 15.3 Å². The molecule has 0 fully saturated rings. The number of aliphatic hydroxyl groups excluding tert-OH is 1. The monoisotopic (exact) mass is 446 g/mol. The highest BCUT2D eigenvalue weighted by atomic mass is 19.4. The number of anilines is 2. The third kappa shape index (κ3) is 4.63. The van der Waals surface area contributed by atoms with Crippen LogP contribution in [0.15, 0.2) is 54.9 Å². The van der Waals surface area contributed by atoms with E-state index in [0.717, 1.165) is 24.0 Å². The first-order valence-electron chi connectivity index (χ1n) is 9.45. The summed E-state index contributed by atoms with van der Waals surface area (Å²) in [6, 6.07) is 10.1. The van der Waals surface area contributed by atoms with Gasteiger partial charge in [-0.15, -0.1) is 0 Å². The van der Waals surface area contributed by atoms with E-state index in [-0.39, 0.29) is 17.3 Å². The fourth-order valence-electron chi connectivity index (χ4n) is 3.29. The number of ether oxygens (including phenoxy) is 1. The number of fused-ring (bicyclic) bond motifs is 1. The second-order valence-corrected chi connectivity index (χ2v) is 6.96. The summed E-state index contributed by atoms with van der Waals surface area (Å²) >= 11 is 0. The Morgan fingerprint density at radius 3 is 2.69 bits per heavy atom. The molecule has 32 heavy (non-hydrogen) atoms. The van der Waals surface area contributed by atoms with Crippen molar-refractivity contribution in [1.29, 1.82) is 0 Å². The maximum atomic E-state index is 12.9. The Kier molecular flexibility index (Phi) is 5.68. The van der Waals surface area contributed by atoms with Crippen LogP contribution in [0.25, 0.3) is 0 Å². The molecule has 8 nitrogen and oxygen atoms in total. The molecule has 3 N–H and O–H groups in total. The maximum Gasteiger partial charge on any atom is 0.416 e. The van der Waals surface area contributed by atoms with E-state index in [1.165, 1.54) is 23.1 Å². The normalized spacial score (nSPS) is 13.2. The van der Waals surface area contributed by atoms with E-state index in [1.54, 1.807) is 18.2 Å². The number of amides is 2. The van der Waals surface area contributed by atoms with Crippen LogP contribution in [0.1, 0.15) is 23.1 Å². The van der Waals surface area contributed by atoms with Crippen LogP contribution in [0.4, 0.5) is 29.3 Å². The highest BCUT2D eigenvalue weighted by molar-refractivity contribution is 6.03. The third-order valence-electron chi connectivity index (χ3n) is 4.78. The largest absolute Gasteiger partial charge is 0.439 e. The molecule has 1 aromatic heterocycles. The minimum atomic E-state index is -4.50. The van der Waals surface area contributed by atoms with E-state index >= 15 is 0 Å². The molecule has 1 aliphatic rings. The number of aliphatic hydroxyl groups is 2. The summed E-state index contributed by atoms with van der Waals surface area (Å²) in [4.78, 5) is 21.7. The summed E-state index contributed by atoms with van der Waals surface area (Å²) < 4.78 is 44.3. The quantitative estimate of drug-likeness (QED) is 0.526. The molecule has 0 atom stereocenters. The molecular weight excluding hydrogens is 429 g/mol. The van der Waals surface area contributed by atoms with Gasteiger partial charge in [-0.05, 0) is 48.4 Å².